The van der Waals surface area contributed by atoms with Crippen molar-refractivity contribution >= 4 is 17.7 Å². The Kier molecular flexibility index (Phi) is 8.33. The minimum absolute atomic E-state index is 0.0205. The van der Waals surface area contributed by atoms with Crippen molar-refractivity contribution in [3.8, 4) is 22.6 Å². The number of nitro benzene ring substituents is 1. The molecule has 0 heterocycles. The SMILES string of the molecule is COc1ccc(CC(NC(=O)OCC2c3ccccc3-c3ccccc32)C(=O)O)cc1COc1cccc([N+](=O)[O-])c1. The molecule has 214 valence electrons. The van der Waals surface area contributed by atoms with Crippen LogP contribution in [0.2, 0.25) is 0 Å². The van der Waals surface area contributed by atoms with Gasteiger partial charge < -0.3 is 24.6 Å². The van der Waals surface area contributed by atoms with Crippen LogP contribution in [0.15, 0.2) is 91.0 Å². The zero-order valence-electron chi connectivity index (χ0n) is 22.7. The van der Waals surface area contributed by atoms with Gasteiger partial charge in [-0.05, 0) is 46.0 Å². The molecule has 0 radical (unpaired) electrons. The lowest BCUT2D eigenvalue weighted by atomic mass is 9.98. The Morgan fingerprint density at radius 1 is 0.952 bits per heavy atom. The number of benzene rings is 4. The molecule has 0 fully saturated rings. The smallest absolute Gasteiger partial charge is 0.407 e. The van der Waals surface area contributed by atoms with Gasteiger partial charge in [0, 0.05) is 24.0 Å². The number of alkyl carbamates (subject to hydrolysis) is 1. The topological polar surface area (TPSA) is 137 Å². The molecular weight excluding hydrogens is 540 g/mol. The molecular formula is C32H28N2O8. The van der Waals surface area contributed by atoms with Gasteiger partial charge in [-0.15, -0.1) is 0 Å². The van der Waals surface area contributed by atoms with E-state index in [0.29, 0.717) is 22.6 Å². The van der Waals surface area contributed by atoms with Gasteiger partial charge in [-0.2, -0.15) is 0 Å². The number of aliphatic carboxylic acids is 1. The number of non-ortho nitro benzene ring substituents is 1. The molecule has 0 aromatic heterocycles. The van der Waals surface area contributed by atoms with Gasteiger partial charge in [0.25, 0.3) is 5.69 Å². The lowest BCUT2D eigenvalue weighted by Crippen LogP contribution is -2.42. The number of hydrogen-bond acceptors (Lipinski definition) is 7. The molecule has 2 N–H and O–H groups in total. The van der Waals surface area contributed by atoms with Crippen LogP contribution in [0, 0.1) is 10.1 Å². The summed E-state index contributed by atoms with van der Waals surface area (Å²) in [6.07, 6.45) is -0.847. The lowest BCUT2D eigenvalue weighted by molar-refractivity contribution is -0.384. The first-order valence-electron chi connectivity index (χ1n) is 13.2. The Morgan fingerprint density at radius 3 is 2.29 bits per heavy atom. The molecule has 4 aromatic rings. The highest BCUT2D eigenvalue weighted by atomic mass is 16.6. The molecule has 0 saturated heterocycles. The van der Waals surface area contributed by atoms with Crippen molar-refractivity contribution in [2.24, 2.45) is 0 Å². The number of rotatable bonds is 11. The average Bonchev–Trinajstić information content (AvgIpc) is 3.32. The summed E-state index contributed by atoms with van der Waals surface area (Å²) >= 11 is 0. The van der Waals surface area contributed by atoms with E-state index in [1.807, 2.05) is 48.5 Å². The zero-order chi connectivity index (χ0) is 29.6. The van der Waals surface area contributed by atoms with Crippen LogP contribution in [0.3, 0.4) is 0 Å². The largest absolute Gasteiger partial charge is 0.496 e. The van der Waals surface area contributed by atoms with Gasteiger partial charge in [-0.1, -0.05) is 60.7 Å². The maximum absolute atomic E-state index is 12.7. The predicted octanol–water partition coefficient (Wildman–Crippen LogP) is 5.72. The van der Waals surface area contributed by atoms with Gasteiger partial charge in [0.05, 0.1) is 18.1 Å². The summed E-state index contributed by atoms with van der Waals surface area (Å²) < 4.78 is 16.7. The maximum atomic E-state index is 12.7. The predicted molar refractivity (Wildman–Crippen MR) is 154 cm³/mol. The number of methoxy groups -OCH3 is 1. The second-order valence-corrected chi connectivity index (χ2v) is 9.75. The molecule has 4 aromatic carbocycles. The fourth-order valence-corrected chi connectivity index (χ4v) is 5.14. The van der Waals surface area contributed by atoms with Crippen LogP contribution in [0.4, 0.5) is 10.5 Å². The molecule has 1 atom stereocenters. The fraction of sp³-hybridized carbons (Fsp3) is 0.188. The summed E-state index contributed by atoms with van der Waals surface area (Å²) in [5.41, 5.74) is 5.41. The van der Waals surface area contributed by atoms with Gasteiger partial charge in [0.15, 0.2) is 0 Å². The summed E-state index contributed by atoms with van der Waals surface area (Å²) in [5, 5.41) is 23.4. The molecule has 0 spiro atoms. The van der Waals surface area contributed by atoms with E-state index in [0.717, 1.165) is 22.3 Å². The first kappa shape index (κ1) is 28.2. The van der Waals surface area contributed by atoms with E-state index in [-0.39, 0.29) is 31.2 Å². The number of fused-ring (bicyclic) bond motifs is 3. The fourth-order valence-electron chi connectivity index (χ4n) is 5.14. The molecule has 1 aliphatic rings. The van der Waals surface area contributed by atoms with Crippen LogP contribution in [-0.2, 0) is 22.6 Å². The monoisotopic (exact) mass is 568 g/mol. The molecule has 1 amide bonds. The van der Waals surface area contributed by atoms with Gasteiger partial charge in [-0.25, -0.2) is 9.59 Å². The van der Waals surface area contributed by atoms with Crippen LogP contribution in [0.5, 0.6) is 11.5 Å². The van der Waals surface area contributed by atoms with Crippen molar-refractivity contribution in [2.45, 2.75) is 25.0 Å². The highest BCUT2D eigenvalue weighted by molar-refractivity contribution is 5.81. The van der Waals surface area contributed by atoms with Crippen molar-refractivity contribution in [1.29, 1.82) is 0 Å². The van der Waals surface area contributed by atoms with Crippen molar-refractivity contribution in [2.75, 3.05) is 13.7 Å². The normalized spacial score (nSPS) is 12.5. The van der Waals surface area contributed by atoms with Crippen molar-refractivity contribution < 1.29 is 33.8 Å². The molecule has 1 unspecified atom stereocenters. The third-order valence-corrected chi connectivity index (χ3v) is 7.14. The van der Waals surface area contributed by atoms with Crippen molar-refractivity contribution in [1.82, 2.24) is 5.32 Å². The second kappa shape index (κ2) is 12.4. The van der Waals surface area contributed by atoms with Crippen LogP contribution in [0.25, 0.3) is 11.1 Å². The first-order valence-corrected chi connectivity index (χ1v) is 13.2. The van der Waals surface area contributed by atoms with Gasteiger partial charge in [-0.3, -0.25) is 10.1 Å². The molecule has 0 bridgehead atoms. The maximum Gasteiger partial charge on any atom is 0.407 e. The van der Waals surface area contributed by atoms with Crippen molar-refractivity contribution in [3.63, 3.8) is 0 Å². The van der Waals surface area contributed by atoms with E-state index in [9.17, 15) is 24.8 Å². The summed E-state index contributed by atoms with van der Waals surface area (Å²) in [6, 6.07) is 25.5. The van der Waals surface area contributed by atoms with E-state index in [1.165, 1.54) is 25.3 Å². The Labute approximate surface area is 241 Å². The van der Waals surface area contributed by atoms with E-state index < -0.39 is 23.0 Å². The number of hydrogen-bond donors (Lipinski definition) is 2. The lowest BCUT2D eigenvalue weighted by Gasteiger charge is -2.18. The molecule has 10 nitrogen and oxygen atoms in total. The standard InChI is InChI=1S/C32H28N2O8/c1-40-30-14-13-20(15-21(30)18-41-23-8-6-7-22(17-23)34(38)39)16-29(31(35)36)33-32(37)42-19-28-26-11-4-2-9-24(26)25-10-3-5-12-27(25)28/h2-15,17,28-29H,16,18-19H2,1H3,(H,33,37)(H,35,36). The first-order chi connectivity index (χ1) is 20.3. The van der Waals surface area contributed by atoms with Gasteiger partial charge in [0.2, 0.25) is 0 Å². The Bertz CT molecular complexity index is 1590. The quantitative estimate of drug-likeness (QED) is 0.173. The zero-order valence-corrected chi connectivity index (χ0v) is 22.7. The Morgan fingerprint density at radius 2 is 1.64 bits per heavy atom. The van der Waals surface area contributed by atoms with Crippen molar-refractivity contribution in [3.05, 3.63) is 123 Å². The van der Waals surface area contributed by atoms with Crippen LogP contribution in [-0.4, -0.2) is 41.9 Å². The van der Waals surface area contributed by atoms with Gasteiger partial charge >= 0.3 is 12.1 Å². The molecule has 0 saturated carbocycles. The summed E-state index contributed by atoms with van der Waals surface area (Å²) in [5.74, 6) is -0.562. The summed E-state index contributed by atoms with van der Waals surface area (Å²) in [7, 11) is 1.49. The highest BCUT2D eigenvalue weighted by Crippen LogP contribution is 2.44. The summed E-state index contributed by atoms with van der Waals surface area (Å²) in [6.45, 7) is 0.0869. The number of nitrogens with one attached hydrogen (secondary N) is 1. The third kappa shape index (κ3) is 6.17. The molecule has 10 heteroatoms. The minimum Gasteiger partial charge on any atom is -0.496 e. The van der Waals surface area contributed by atoms with E-state index >= 15 is 0 Å². The number of carbonyl (C=O) groups is 2. The van der Waals surface area contributed by atoms with Crippen LogP contribution >= 0.6 is 0 Å². The number of carbonyl (C=O) groups excluding carboxylic acids is 1. The number of carboxylic acid groups (broad SMARTS) is 1. The molecule has 42 heavy (non-hydrogen) atoms. The molecule has 0 aliphatic heterocycles. The van der Waals surface area contributed by atoms with E-state index in [1.54, 1.807) is 24.3 Å². The number of carboxylic acids is 1. The highest BCUT2D eigenvalue weighted by Gasteiger charge is 2.30. The molecule has 5 rings (SSSR count). The van der Waals surface area contributed by atoms with Gasteiger partial charge in [0.1, 0.15) is 30.8 Å². The minimum atomic E-state index is -1.25. The Hall–Kier alpha value is -5.38. The molecule has 1 aliphatic carbocycles. The average molecular weight is 569 g/mol. The summed E-state index contributed by atoms with van der Waals surface area (Å²) in [4.78, 5) is 35.4. The van der Waals surface area contributed by atoms with E-state index in [2.05, 4.69) is 5.32 Å². The van der Waals surface area contributed by atoms with E-state index in [4.69, 9.17) is 14.2 Å². The number of nitrogens with zero attached hydrogens (tertiary/aromatic N) is 1. The number of amides is 1. The van der Waals surface area contributed by atoms with Crippen LogP contribution < -0.4 is 14.8 Å². The number of ether oxygens (including phenoxy) is 3. The van der Waals surface area contributed by atoms with Crippen LogP contribution in [0.1, 0.15) is 28.2 Å². The second-order valence-electron chi connectivity index (χ2n) is 9.75. The third-order valence-electron chi connectivity index (χ3n) is 7.14. The number of nitro groups is 1. The Balaban J connectivity index is 1.24.